The van der Waals surface area contributed by atoms with Crippen LogP contribution in [0.4, 0.5) is 5.69 Å². The standard InChI is InChI=1S/C15H18Cl2N2O/c16-12-5-10(6-13(17)14(12)18)15(20)19-7-11(8-1-2-8)9-3-4-9/h5-6,8-9,11H,1-4,7,18H2,(H,19,20). The number of nitrogens with one attached hydrogen (secondary N) is 1. The largest absolute Gasteiger partial charge is 0.396 e. The fourth-order valence-corrected chi connectivity index (χ4v) is 3.28. The van der Waals surface area contributed by atoms with E-state index in [0.717, 1.165) is 18.4 Å². The number of amides is 1. The molecule has 20 heavy (non-hydrogen) atoms. The molecule has 0 bridgehead atoms. The molecule has 0 atom stereocenters. The number of carbonyl (C=O) groups is 1. The topological polar surface area (TPSA) is 55.1 Å². The summed E-state index contributed by atoms with van der Waals surface area (Å²) in [6, 6.07) is 3.14. The van der Waals surface area contributed by atoms with Crippen LogP contribution in [-0.4, -0.2) is 12.5 Å². The quantitative estimate of drug-likeness (QED) is 0.814. The number of hydrogen-bond acceptors (Lipinski definition) is 2. The minimum absolute atomic E-state index is 0.125. The number of nitrogen functional groups attached to an aromatic ring is 1. The number of carbonyl (C=O) groups excluding carboxylic acids is 1. The predicted octanol–water partition coefficient (Wildman–Crippen LogP) is 3.74. The lowest BCUT2D eigenvalue weighted by Crippen LogP contribution is -2.31. The Morgan fingerprint density at radius 2 is 1.70 bits per heavy atom. The van der Waals surface area contributed by atoms with Crippen LogP contribution in [0, 0.1) is 17.8 Å². The van der Waals surface area contributed by atoms with Crippen molar-refractivity contribution in [2.45, 2.75) is 25.7 Å². The maximum Gasteiger partial charge on any atom is 0.251 e. The fourth-order valence-electron chi connectivity index (χ4n) is 2.79. The van der Waals surface area contributed by atoms with Crippen molar-refractivity contribution < 1.29 is 4.79 Å². The molecule has 0 aliphatic heterocycles. The molecular formula is C15H18Cl2N2O. The normalized spacial score (nSPS) is 18.4. The summed E-state index contributed by atoms with van der Waals surface area (Å²) in [5.74, 6) is 2.17. The first-order valence-electron chi connectivity index (χ1n) is 7.09. The highest BCUT2D eigenvalue weighted by Gasteiger charge is 2.41. The van der Waals surface area contributed by atoms with Crippen LogP contribution in [0.5, 0.6) is 0 Å². The Kier molecular flexibility index (Phi) is 3.83. The second-order valence-corrected chi connectivity index (χ2v) is 6.72. The fraction of sp³-hybridized carbons (Fsp3) is 0.533. The highest BCUT2D eigenvalue weighted by atomic mass is 35.5. The van der Waals surface area contributed by atoms with Crippen molar-refractivity contribution in [3.05, 3.63) is 27.7 Å². The van der Waals surface area contributed by atoms with Gasteiger partial charge in [-0.1, -0.05) is 23.2 Å². The molecule has 0 radical (unpaired) electrons. The van der Waals surface area contributed by atoms with Gasteiger partial charge >= 0.3 is 0 Å². The van der Waals surface area contributed by atoms with Crippen LogP contribution >= 0.6 is 23.2 Å². The molecule has 0 unspecified atom stereocenters. The lowest BCUT2D eigenvalue weighted by atomic mass is 9.98. The molecule has 1 amide bonds. The third kappa shape index (κ3) is 3.04. The van der Waals surface area contributed by atoms with Gasteiger partial charge in [-0.15, -0.1) is 0 Å². The molecule has 1 aromatic rings. The Labute approximate surface area is 128 Å². The predicted molar refractivity (Wildman–Crippen MR) is 82.1 cm³/mol. The smallest absolute Gasteiger partial charge is 0.251 e. The second kappa shape index (κ2) is 5.45. The summed E-state index contributed by atoms with van der Waals surface area (Å²) in [7, 11) is 0. The van der Waals surface area contributed by atoms with Gasteiger partial charge in [0.1, 0.15) is 0 Å². The first-order valence-corrected chi connectivity index (χ1v) is 7.84. The van der Waals surface area contributed by atoms with Crippen molar-refractivity contribution in [2.75, 3.05) is 12.3 Å². The summed E-state index contributed by atoms with van der Waals surface area (Å²) in [5.41, 5.74) is 6.46. The summed E-state index contributed by atoms with van der Waals surface area (Å²) in [6.45, 7) is 0.758. The average Bonchev–Trinajstić information content (AvgIpc) is 3.26. The van der Waals surface area contributed by atoms with Gasteiger partial charge in [0.25, 0.3) is 5.91 Å². The number of rotatable bonds is 5. The van der Waals surface area contributed by atoms with E-state index in [1.807, 2.05) is 0 Å². The SMILES string of the molecule is Nc1c(Cl)cc(C(=O)NCC(C2CC2)C2CC2)cc1Cl. The number of benzene rings is 1. The van der Waals surface area contributed by atoms with Crippen molar-refractivity contribution in [1.29, 1.82) is 0 Å². The summed E-state index contributed by atoms with van der Waals surface area (Å²) >= 11 is 11.9. The monoisotopic (exact) mass is 312 g/mol. The maximum absolute atomic E-state index is 12.2. The minimum atomic E-state index is -0.125. The maximum atomic E-state index is 12.2. The molecule has 2 saturated carbocycles. The summed E-state index contributed by atoms with van der Waals surface area (Å²) in [4.78, 5) is 12.2. The Morgan fingerprint density at radius 1 is 1.20 bits per heavy atom. The molecule has 108 valence electrons. The zero-order valence-electron chi connectivity index (χ0n) is 11.2. The van der Waals surface area contributed by atoms with Gasteiger partial charge in [-0.25, -0.2) is 0 Å². The minimum Gasteiger partial charge on any atom is -0.396 e. The Balaban J connectivity index is 1.63. The lowest BCUT2D eigenvalue weighted by Gasteiger charge is -2.16. The third-order valence-electron chi connectivity index (χ3n) is 4.29. The lowest BCUT2D eigenvalue weighted by molar-refractivity contribution is 0.0943. The molecular weight excluding hydrogens is 295 g/mol. The molecule has 3 nitrogen and oxygen atoms in total. The average molecular weight is 313 g/mol. The Bertz CT molecular complexity index is 504. The highest BCUT2D eigenvalue weighted by molar-refractivity contribution is 6.39. The van der Waals surface area contributed by atoms with Crippen LogP contribution < -0.4 is 11.1 Å². The molecule has 3 N–H and O–H groups in total. The zero-order valence-corrected chi connectivity index (χ0v) is 12.7. The van der Waals surface area contributed by atoms with Gasteiger partial charge in [-0.2, -0.15) is 0 Å². The molecule has 1 aromatic carbocycles. The molecule has 2 fully saturated rings. The van der Waals surface area contributed by atoms with E-state index >= 15 is 0 Å². The molecule has 0 spiro atoms. The van der Waals surface area contributed by atoms with E-state index in [9.17, 15) is 4.79 Å². The van der Waals surface area contributed by atoms with E-state index in [1.54, 1.807) is 12.1 Å². The molecule has 2 aliphatic carbocycles. The number of halogens is 2. The molecule has 3 rings (SSSR count). The van der Waals surface area contributed by atoms with E-state index in [4.69, 9.17) is 28.9 Å². The number of nitrogens with two attached hydrogens (primary N) is 1. The van der Waals surface area contributed by atoms with E-state index in [2.05, 4.69) is 5.32 Å². The molecule has 5 heteroatoms. The van der Waals surface area contributed by atoms with Gasteiger partial charge in [-0.3, -0.25) is 4.79 Å². The van der Waals surface area contributed by atoms with Gasteiger partial charge in [0.15, 0.2) is 0 Å². The van der Waals surface area contributed by atoms with E-state index in [0.29, 0.717) is 27.2 Å². The molecule has 2 aliphatic rings. The first-order chi connectivity index (χ1) is 9.56. The third-order valence-corrected chi connectivity index (χ3v) is 4.92. The van der Waals surface area contributed by atoms with Gasteiger partial charge in [0.05, 0.1) is 15.7 Å². The van der Waals surface area contributed by atoms with Crippen molar-refractivity contribution in [2.24, 2.45) is 17.8 Å². The van der Waals surface area contributed by atoms with Crippen LogP contribution in [0.25, 0.3) is 0 Å². The Hall–Kier alpha value is -0.930. The van der Waals surface area contributed by atoms with Crippen LogP contribution in [0.1, 0.15) is 36.0 Å². The van der Waals surface area contributed by atoms with Crippen LogP contribution in [0.15, 0.2) is 12.1 Å². The van der Waals surface area contributed by atoms with Gasteiger partial charge in [-0.05, 0) is 55.6 Å². The van der Waals surface area contributed by atoms with Gasteiger partial charge in [0.2, 0.25) is 0 Å². The number of hydrogen-bond donors (Lipinski definition) is 2. The molecule has 0 heterocycles. The first kappa shape index (κ1) is 14.0. The summed E-state index contributed by atoms with van der Waals surface area (Å²) in [5, 5.41) is 3.66. The van der Waals surface area contributed by atoms with E-state index in [-0.39, 0.29) is 5.91 Å². The van der Waals surface area contributed by atoms with Crippen LogP contribution in [-0.2, 0) is 0 Å². The van der Waals surface area contributed by atoms with E-state index in [1.165, 1.54) is 25.7 Å². The highest BCUT2D eigenvalue weighted by Crippen LogP contribution is 2.48. The van der Waals surface area contributed by atoms with Crippen molar-refractivity contribution in [3.63, 3.8) is 0 Å². The van der Waals surface area contributed by atoms with Crippen molar-refractivity contribution >= 4 is 34.8 Å². The molecule has 0 saturated heterocycles. The van der Waals surface area contributed by atoms with Gasteiger partial charge < -0.3 is 11.1 Å². The Morgan fingerprint density at radius 3 is 2.15 bits per heavy atom. The summed E-state index contributed by atoms with van der Waals surface area (Å²) in [6.07, 6.45) is 5.26. The van der Waals surface area contributed by atoms with E-state index < -0.39 is 0 Å². The number of anilines is 1. The van der Waals surface area contributed by atoms with Gasteiger partial charge in [0, 0.05) is 12.1 Å². The van der Waals surface area contributed by atoms with Crippen LogP contribution in [0.3, 0.4) is 0 Å². The van der Waals surface area contributed by atoms with Crippen molar-refractivity contribution in [1.82, 2.24) is 5.32 Å². The van der Waals surface area contributed by atoms with Crippen LogP contribution in [0.2, 0.25) is 10.0 Å². The summed E-state index contributed by atoms with van der Waals surface area (Å²) < 4.78 is 0. The molecule has 0 aromatic heterocycles. The van der Waals surface area contributed by atoms with Crippen molar-refractivity contribution in [3.8, 4) is 0 Å². The second-order valence-electron chi connectivity index (χ2n) is 5.90. The zero-order chi connectivity index (χ0) is 14.3.